The van der Waals surface area contributed by atoms with Crippen molar-refractivity contribution in [2.45, 2.75) is 6.61 Å². The zero-order chi connectivity index (χ0) is 10.5. The lowest BCUT2D eigenvalue weighted by molar-refractivity contribution is 0.304. The highest BCUT2D eigenvalue weighted by atomic mass is 79.9. The van der Waals surface area contributed by atoms with Gasteiger partial charge in [0.1, 0.15) is 12.4 Å². The van der Waals surface area contributed by atoms with Crippen molar-refractivity contribution < 1.29 is 4.74 Å². The first kappa shape index (κ1) is 10.1. The molecule has 0 N–H and O–H groups in total. The minimum Gasteiger partial charge on any atom is -0.487 e. The molecular weight excluding hydrogens is 256 g/mol. The number of nitrogens with zero attached hydrogens (tertiary/aromatic N) is 2. The Hall–Kier alpha value is -1.42. The summed E-state index contributed by atoms with van der Waals surface area (Å²) in [4.78, 5) is 7.95. The molecule has 4 heteroatoms. The van der Waals surface area contributed by atoms with E-state index in [1.165, 1.54) is 0 Å². The molecule has 15 heavy (non-hydrogen) atoms. The first-order valence-corrected chi connectivity index (χ1v) is 5.26. The third-order valence-corrected chi connectivity index (χ3v) is 2.27. The lowest BCUT2D eigenvalue weighted by atomic mass is 10.3. The summed E-state index contributed by atoms with van der Waals surface area (Å²) in [5.74, 6) is 0.751. The fraction of sp³-hybridized carbons (Fsp3) is 0.0909. The fourth-order valence-electron chi connectivity index (χ4n) is 1.12. The second kappa shape index (κ2) is 4.89. The van der Waals surface area contributed by atoms with Gasteiger partial charge >= 0.3 is 0 Å². The maximum Gasteiger partial charge on any atom is 0.139 e. The second-order valence-electron chi connectivity index (χ2n) is 2.98. The molecule has 2 aromatic rings. The van der Waals surface area contributed by atoms with Gasteiger partial charge in [-0.3, -0.25) is 9.97 Å². The van der Waals surface area contributed by atoms with E-state index >= 15 is 0 Å². The van der Waals surface area contributed by atoms with Crippen LogP contribution in [0.15, 0.2) is 47.5 Å². The molecule has 2 heterocycles. The molecule has 0 amide bonds. The predicted molar refractivity (Wildman–Crippen MR) is 60.5 cm³/mol. The summed E-state index contributed by atoms with van der Waals surface area (Å²) in [6.07, 6.45) is 6.90. The highest BCUT2D eigenvalue weighted by Gasteiger charge is 1.96. The molecule has 0 saturated heterocycles. The van der Waals surface area contributed by atoms with Gasteiger partial charge in [0.15, 0.2) is 0 Å². The van der Waals surface area contributed by atoms with Crippen molar-refractivity contribution in [3.05, 3.63) is 53.0 Å². The lowest BCUT2D eigenvalue weighted by Gasteiger charge is -2.05. The molecule has 0 fully saturated rings. The first-order chi connectivity index (χ1) is 7.34. The number of halogens is 1. The van der Waals surface area contributed by atoms with Gasteiger partial charge in [0.25, 0.3) is 0 Å². The van der Waals surface area contributed by atoms with Gasteiger partial charge in [-0.1, -0.05) is 0 Å². The van der Waals surface area contributed by atoms with Crippen molar-refractivity contribution in [3.8, 4) is 5.75 Å². The Morgan fingerprint density at radius 1 is 1.13 bits per heavy atom. The standard InChI is InChI=1S/C11H9BrN2O/c12-10-5-11(7-14-6-10)15-8-9-1-3-13-4-2-9/h1-7H,8H2. The third-order valence-electron chi connectivity index (χ3n) is 1.83. The third kappa shape index (κ3) is 3.02. The number of ether oxygens (including phenoxy) is 1. The van der Waals surface area contributed by atoms with Crippen LogP contribution in [0.3, 0.4) is 0 Å². The van der Waals surface area contributed by atoms with Crippen molar-refractivity contribution in [2.24, 2.45) is 0 Å². The zero-order valence-corrected chi connectivity index (χ0v) is 9.52. The Morgan fingerprint density at radius 2 is 1.93 bits per heavy atom. The van der Waals surface area contributed by atoms with Crippen LogP contribution in [0.1, 0.15) is 5.56 Å². The van der Waals surface area contributed by atoms with Crippen LogP contribution in [0.25, 0.3) is 0 Å². The minimum atomic E-state index is 0.528. The van der Waals surface area contributed by atoms with Gasteiger partial charge in [-0.15, -0.1) is 0 Å². The van der Waals surface area contributed by atoms with E-state index in [1.807, 2.05) is 18.2 Å². The van der Waals surface area contributed by atoms with E-state index in [0.29, 0.717) is 6.61 Å². The Morgan fingerprint density at radius 3 is 2.67 bits per heavy atom. The minimum absolute atomic E-state index is 0.528. The highest BCUT2D eigenvalue weighted by Crippen LogP contribution is 2.16. The molecular formula is C11H9BrN2O. The number of hydrogen-bond donors (Lipinski definition) is 0. The molecule has 0 bridgehead atoms. The van der Waals surface area contributed by atoms with Crippen LogP contribution in [0.2, 0.25) is 0 Å². The first-order valence-electron chi connectivity index (χ1n) is 4.47. The van der Waals surface area contributed by atoms with Crippen LogP contribution >= 0.6 is 15.9 Å². The molecule has 76 valence electrons. The summed E-state index contributed by atoms with van der Waals surface area (Å²) in [6, 6.07) is 5.73. The van der Waals surface area contributed by atoms with Crippen LogP contribution in [0, 0.1) is 0 Å². The van der Waals surface area contributed by atoms with E-state index in [1.54, 1.807) is 24.8 Å². The molecule has 0 spiro atoms. The summed E-state index contributed by atoms with van der Waals surface area (Å²) < 4.78 is 6.46. The normalized spacial score (nSPS) is 9.93. The summed E-state index contributed by atoms with van der Waals surface area (Å²) in [6.45, 7) is 0.528. The Bertz CT molecular complexity index is 434. The molecule has 0 aliphatic heterocycles. The number of rotatable bonds is 3. The molecule has 0 aromatic carbocycles. The summed E-state index contributed by atoms with van der Waals surface area (Å²) in [5, 5.41) is 0. The highest BCUT2D eigenvalue weighted by molar-refractivity contribution is 9.10. The number of hydrogen-bond acceptors (Lipinski definition) is 3. The van der Waals surface area contributed by atoms with E-state index in [-0.39, 0.29) is 0 Å². The predicted octanol–water partition coefficient (Wildman–Crippen LogP) is 2.82. The van der Waals surface area contributed by atoms with Crippen molar-refractivity contribution in [2.75, 3.05) is 0 Å². The number of pyridine rings is 2. The largest absolute Gasteiger partial charge is 0.487 e. The second-order valence-corrected chi connectivity index (χ2v) is 3.90. The maximum absolute atomic E-state index is 5.55. The smallest absolute Gasteiger partial charge is 0.139 e. The van der Waals surface area contributed by atoms with Gasteiger partial charge in [-0.05, 0) is 39.7 Å². The van der Waals surface area contributed by atoms with E-state index in [0.717, 1.165) is 15.8 Å². The topological polar surface area (TPSA) is 35.0 Å². The molecule has 0 atom stereocenters. The van der Waals surface area contributed by atoms with Gasteiger partial charge in [-0.25, -0.2) is 0 Å². The van der Waals surface area contributed by atoms with Crippen molar-refractivity contribution in [1.29, 1.82) is 0 Å². The molecule has 2 rings (SSSR count). The zero-order valence-electron chi connectivity index (χ0n) is 7.93. The van der Waals surface area contributed by atoms with E-state index in [9.17, 15) is 0 Å². The van der Waals surface area contributed by atoms with Gasteiger partial charge < -0.3 is 4.74 Å². The Labute approximate surface area is 96.3 Å². The van der Waals surface area contributed by atoms with Crippen molar-refractivity contribution >= 4 is 15.9 Å². The van der Waals surface area contributed by atoms with E-state index < -0.39 is 0 Å². The molecule has 0 aliphatic rings. The fourth-order valence-corrected chi connectivity index (χ4v) is 1.46. The maximum atomic E-state index is 5.55. The molecule has 0 aliphatic carbocycles. The SMILES string of the molecule is Brc1cncc(OCc2ccncc2)c1. The molecule has 0 radical (unpaired) electrons. The average Bonchev–Trinajstić information content (AvgIpc) is 2.28. The molecule has 0 unspecified atom stereocenters. The van der Waals surface area contributed by atoms with Gasteiger partial charge in [0.2, 0.25) is 0 Å². The summed E-state index contributed by atoms with van der Waals surface area (Å²) in [5.41, 5.74) is 1.09. The van der Waals surface area contributed by atoms with Gasteiger partial charge in [0.05, 0.1) is 6.20 Å². The van der Waals surface area contributed by atoms with Gasteiger partial charge in [-0.2, -0.15) is 0 Å². The van der Waals surface area contributed by atoms with Crippen LogP contribution in [-0.4, -0.2) is 9.97 Å². The van der Waals surface area contributed by atoms with Crippen molar-refractivity contribution in [3.63, 3.8) is 0 Å². The molecule has 2 aromatic heterocycles. The van der Waals surface area contributed by atoms with Gasteiger partial charge in [0, 0.05) is 23.1 Å². The monoisotopic (exact) mass is 264 g/mol. The van der Waals surface area contributed by atoms with Crippen LogP contribution < -0.4 is 4.74 Å². The summed E-state index contributed by atoms with van der Waals surface area (Å²) in [7, 11) is 0. The van der Waals surface area contributed by atoms with Crippen LogP contribution in [0.4, 0.5) is 0 Å². The quantitative estimate of drug-likeness (QED) is 0.855. The number of aromatic nitrogens is 2. The molecule has 0 saturated carbocycles. The lowest BCUT2D eigenvalue weighted by Crippen LogP contribution is -1.95. The van der Waals surface area contributed by atoms with E-state index in [2.05, 4.69) is 25.9 Å². The van der Waals surface area contributed by atoms with E-state index in [4.69, 9.17) is 4.74 Å². The van der Waals surface area contributed by atoms with Crippen LogP contribution in [0.5, 0.6) is 5.75 Å². The average molecular weight is 265 g/mol. The Kier molecular flexibility index (Phi) is 3.29. The van der Waals surface area contributed by atoms with Crippen LogP contribution in [-0.2, 0) is 6.61 Å². The Balaban J connectivity index is 1.99. The van der Waals surface area contributed by atoms with Crippen molar-refractivity contribution in [1.82, 2.24) is 9.97 Å². The summed E-state index contributed by atoms with van der Waals surface area (Å²) >= 11 is 3.34. The molecule has 3 nitrogen and oxygen atoms in total.